The van der Waals surface area contributed by atoms with Gasteiger partial charge in [-0.15, -0.1) is 0 Å². The molecule has 0 aromatic heterocycles. The van der Waals surface area contributed by atoms with Crippen LogP contribution in [-0.2, 0) is 6.61 Å². The van der Waals surface area contributed by atoms with Crippen LogP contribution in [0, 0.1) is 0 Å². The second kappa shape index (κ2) is 6.14. The van der Waals surface area contributed by atoms with E-state index in [0.717, 1.165) is 28.1 Å². The molecule has 0 aliphatic rings. The van der Waals surface area contributed by atoms with E-state index in [9.17, 15) is 0 Å². The molecule has 0 aliphatic carbocycles. The van der Waals surface area contributed by atoms with Gasteiger partial charge in [-0.1, -0.05) is 60.7 Å². The molecular weight excluding hydrogens is 258 g/mol. The van der Waals surface area contributed by atoms with E-state index in [1.807, 2.05) is 54.6 Å². The first-order valence-electron chi connectivity index (χ1n) is 6.94. The van der Waals surface area contributed by atoms with E-state index >= 15 is 0 Å². The van der Waals surface area contributed by atoms with E-state index in [1.165, 1.54) is 0 Å². The van der Waals surface area contributed by atoms with Crippen molar-refractivity contribution < 1.29 is 4.74 Å². The fourth-order valence-electron chi connectivity index (χ4n) is 2.25. The van der Waals surface area contributed by atoms with Crippen LogP contribution >= 0.6 is 0 Å². The maximum atomic E-state index is 5.98. The Kier molecular flexibility index (Phi) is 3.88. The van der Waals surface area contributed by atoms with Crippen molar-refractivity contribution in [1.82, 2.24) is 0 Å². The lowest BCUT2D eigenvalue weighted by molar-refractivity contribution is 0.307. The van der Waals surface area contributed by atoms with Gasteiger partial charge in [0.2, 0.25) is 0 Å². The molecule has 21 heavy (non-hydrogen) atoms. The van der Waals surface area contributed by atoms with E-state index in [-0.39, 0.29) is 0 Å². The molecule has 0 aliphatic heterocycles. The Morgan fingerprint density at radius 1 is 0.762 bits per heavy atom. The van der Waals surface area contributed by atoms with E-state index < -0.39 is 0 Å². The molecule has 0 amide bonds. The minimum absolute atomic E-state index is 0.546. The molecule has 0 atom stereocenters. The number of hydrogen-bond acceptors (Lipinski definition) is 2. The van der Waals surface area contributed by atoms with E-state index in [4.69, 9.17) is 10.5 Å². The van der Waals surface area contributed by atoms with Crippen LogP contribution < -0.4 is 10.5 Å². The highest BCUT2D eigenvalue weighted by atomic mass is 16.5. The standard InChI is InChI=1S/C19H17NO/c20-17-11-12-19(21-14-15-7-3-1-4-8-15)18(13-17)16-9-5-2-6-10-16/h1-13H,14,20H2. The molecule has 0 saturated heterocycles. The number of nitrogens with two attached hydrogens (primary N) is 1. The molecule has 2 N–H and O–H groups in total. The number of anilines is 1. The van der Waals surface area contributed by atoms with Gasteiger partial charge in [0.25, 0.3) is 0 Å². The zero-order valence-electron chi connectivity index (χ0n) is 11.7. The van der Waals surface area contributed by atoms with Gasteiger partial charge in [0, 0.05) is 11.3 Å². The van der Waals surface area contributed by atoms with Crippen molar-refractivity contribution in [3.8, 4) is 16.9 Å². The minimum Gasteiger partial charge on any atom is -0.488 e. The SMILES string of the molecule is Nc1ccc(OCc2ccccc2)c(-c2ccccc2)c1. The van der Waals surface area contributed by atoms with Gasteiger partial charge in [-0.2, -0.15) is 0 Å². The van der Waals surface area contributed by atoms with Crippen molar-refractivity contribution in [3.63, 3.8) is 0 Å². The van der Waals surface area contributed by atoms with Gasteiger partial charge in [0.05, 0.1) is 0 Å². The summed E-state index contributed by atoms with van der Waals surface area (Å²) >= 11 is 0. The summed E-state index contributed by atoms with van der Waals surface area (Å²) < 4.78 is 5.98. The van der Waals surface area contributed by atoms with E-state index in [0.29, 0.717) is 6.61 Å². The Hall–Kier alpha value is -2.74. The molecule has 104 valence electrons. The van der Waals surface area contributed by atoms with Gasteiger partial charge in [-0.3, -0.25) is 0 Å². The Labute approximate surface area is 124 Å². The highest BCUT2D eigenvalue weighted by Gasteiger charge is 2.07. The van der Waals surface area contributed by atoms with Crippen LogP contribution in [0.25, 0.3) is 11.1 Å². The van der Waals surface area contributed by atoms with Gasteiger partial charge >= 0.3 is 0 Å². The maximum absolute atomic E-state index is 5.98. The highest BCUT2D eigenvalue weighted by molar-refractivity contribution is 5.73. The molecule has 0 radical (unpaired) electrons. The Morgan fingerprint density at radius 2 is 1.43 bits per heavy atom. The van der Waals surface area contributed by atoms with Crippen molar-refractivity contribution in [2.75, 3.05) is 5.73 Å². The fourth-order valence-corrected chi connectivity index (χ4v) is 2.25. The van der Waals surface area contributed by atoms with Crippen LogP contribution in [0.2, 0.25) is 0 Å². The largest absolute Gasteiger partial charge is 0.488 e. The lowest BCUT2D eigenvalue weighted by Crippen LogP contribution is -1.97. The van der Waals surface area contributed by atoms with Crippen LogP contribution in [0.1, 0.15) is 5.56 Å². The molecule has 3 aromatic rings. The van der Waals surface area contributed by atoms with Crippen LogP contribution in [-0.4, -0.2) is 0 Å². The molecule has 2 nitrogen and oxygen atoms in total. The predicted octanol–water partition coefficient (Wildman–Crippen LogP) is 4.51. The molecular formula is C19H17NO. The molecule has 0 bridgehead atoms. The van der Waals surface area contributed by atoms with Crippen molar-refractivity contribution >= 4 is 5.69 Å². The molecule has 0 saturated carbocycles. The third-order valence-electron chi connectivity index (χ3n) is 3.33. The summed E-state index contributed by atoms with van der Waals surface area (Å²) in [7, 11) is 0. The van der Waals surface area contributed by atoms with E-state index in [1.54, 1.807) is 0 Å². The lowest BCUT2D eigenvalue weighted by Gasteiger charge is -2.12. The first kappa shape index (κ1) is 13.3. The number of benzene rings is 3. The summed E-state index contributed by atoms with van der Waals surface area (Å²) in [6, 6.07) is 26.0. The molecule has 2 heteroatoms. The topological polar surface area (TPSA) is 35.2 Å². The number of hydrogen-bond donors (Lipinski definition) is 1. The predicted molar refractivity (Wildman–Crippen MR) is 87.1 cm³/mol. The van der Waals surface area contributed by atoms with Crippen molar-refractivity contribution in [3.05, 3.63) is 84.4 Å². The summed E-state index contributed by atoms with van der Waals surface area (Å²) in [4.78, 5) is 0. The lowest BCUT2D eigenvalue weighted by atomic mass is 10.0. The molecule has 0 fully saturated rings. The number of rotatable bonds is 4. The maximum Gasteiger partial charge on any atom is 0.127 e. The zero-order valence-corrected chi connectivity index (χ0v) is 11.7. The summed E-state index contributed by atoms with van der Waals surface area (Å²) in [5.74, 6) is 0.847. The van der Waals surface area contributed by atoms with Crippen molar-refractivity contribution in [2.45, 2.75) is 6.61 Å². The van der Waals surface area contributed by atoms with Crippen LogP contribution in [0.5, 0.6) is 5.75 Å². The van der Waals surface area contributed by atoms with Gasteiger partial charge in [-0.25, -0.2) is 0 Å². The first-order valence-corrected chi connectivity index (χ1v) is 6.94. The summed E-state index contributed by atoms with van der Waals surface area (Å²) in [5.41, 5.74) is 9.92. The smallest absolute Gasteiger partial charge is 0.127 e. The third kappa shape index (κ3) is 3.23. The molecule has 0 spiro atoms. The average Bonchev–Trinajstić information content (AvgIpc) is 2.55. The third-order valence-corrected chi connectivity index (χ3v) is 3.33. The van der Waals surface area contributed by atoms with Crippen molar-refractivity contribution in [1.29, 1.82) is 0 Å². The molecule has 3 aromatic carbocycles. The Bertz CT molecular complexity index is 708. The fraction of sp³-hybridized carbons (Fsp3) is 0.0526. The number of nitrogen functional groups attached to an aromatic ring is 1. The van der Waals surface area contributed by atoms with Crippen LogP contribution in [0.3, 0.4) is 0 Å². The first-order chi connectivity index (χ1) is 10.3. The van der Waals surface area contributed by atoms with Crippen molar-refractivity contribution in [2.24, 2.45) is 0 Å². The van der Waals surface area contributed by atoms with Gasteiger partial charge in [-0.05, 0) is 29.3 Å². The number of ether oxygens (including phenoxy) is 1. The molecule has 3 rings (SSSR count). The molecule has 0 heterocycles. The summed E-state index contributed by atoms with van der Waals surface area (Å²) in [6.45, 7) is 0.546. The summed E-state index contributed by atoms with van der Waals surface area (Å²) in [6.07, 6.45) is 0. The Balaban J connectivity index is 1.88. The second-order valence-corrected chi connectivity index (χ2v) is 4.90. The molecule has 0 unspecified atom stereocenters. The van der Waals surface area contributed by atoms with Crippen LogP contribution in [0.15, 0.2) is 78.9 Å². The normalized spacial score (nSPS) is 10.3. The van der Waals surface area contributed by atoms with Crippen LogP contribution in [0.4, 0.5) is 5.69 Å². The minimum atomic E-state index is 0.546. The highest BCUT2D eigenvalue weighted by Crippen LogP contribution is 2.32. The van der Waals surface area contributed by atoms with E-state index in [2.05, 4.69) is 24.3 Å². The summed E-state index contributed by atoms with van der Waals surface area (Å²) in [5, 5.41) is 0. The quantitative estimate of drug-likeness (QED) is 0.711. The van der Waals surface area contributed by atoms with Gasteiger partial charge in [0.1, 0.15) is 12.4 Å². The zero-order chi connectivity index (χ0) is 14.5. The monoisotopic (exact) mass is 275 g/mol. The van der Waals surface area contributed by atoms with Gasteiger partial charge < -0.3 is 10.5 Å². The average molecular weight is 275 g/mol. The second-order valence-electron chi connectivity index (χ2n) is 4.90. The van der Waals surface area contributed by atoms with Gasteiger partial charge in [0.15, 0.2) is 0 Å². The Morgan fingerprint density at radius 3 is 2.14 bits per heavy atom.